The fourth-order valence-electron chi connectivity index (χ4n) is 3.00. The molecule has 0 radical (unpaired) electrons. The van der Waals surface area contributed by atoms with Crippen LogP contribution in [-0.2, 0) is 0 Å². The lowest BCUT2D eigenvalue weighted by Crippen LogP contribution is -2.55. The second-order valence-electron chi connectivity index (χ2n) is 5.15. The van der Waals surface area contributed by atoms with E-state index in [1.807, 2.05) is 12.1 Å². The molecule has 1 aromatic heterocycles. The minimum atomic E-state index is 0.634. The topological polar surface area (TPSA) is 43.2 Å². The fourth-order valence-corrected chi connectivity index (χ4v) is 3.00. The SMILES string of the molecule is N#Cc1ccc(N2CCN3CCCCC3C2)nc1. The van der Waals surface area contributed by atoms with E-state index in [1.54, 1.807) is 6.20 Å². The third-order valence-electron chi connectivity index (χ3n) is 4.04. The quantitative estimate of drug-likeness (QED) is 0.750. The van der Waals surface area contributed by atoms with E-state index in [0.717, 1.165) is 25.5 Å². The fraction of sp³-hybridized carbons (Fsp3) is 0.571. The van der Waals surface area contributed by atoms with E-state index in [2.05, 4.69) is 20.9 Å². The molecule has 0 amide bonds. The third kappa shape index (κ3) is 2.19. The van der Waals surface area contributed by atoms with E-state index in [0.29, 0.717) is 11.6 Å². The van der Waals surface area contributed by atoms with E-state index < -0.39 is 0 Å². The maximum atomic E-state index is 8.78. The summed E-state index contributed by atoms with van der Waals surface area (Å²) in [6, 6.07) is 6.64. The summed E-state index contributed by atoms with van der Waals surface area (Å²) in [5.74, 6) is 1.01. The first-order valence-corrected chi connectivity index (χ1v) is 6.72. The van der Waals surface area contributed by atoms with Crippen molar-refractivity contribution in [3.63, 3.8) is 0 Å². The van der Waals surface area contributed by atoms with Crippen LogP contribution < -0.4 is 4.90 Å². The minimum absolute atomic E-state index is 0.634. The molecule has 2 saturated heterocycles. The normalized spacial score (nSPS) is 24.4. The van der Waals surface area contributed by atoms with Gasteiger partial charge in [-0.1, -0.05) is 6.42 Å². The molecule has 3 rings (SSSR count). The van der Waals surface area contributed by atoms with E-state index in [9.17, 15) is 0 Å². The summed E-state index contributed by atoms with van der Waals surface area (Å²) >= 11 is 0. The lowest BCUT2D eigenvalue weighted by Gasteiger charge is -2.44. The molecule has 2 fully saturated rings. The van der Waals surface area contributed by atoms with Gasteiger partial charge in [0.05, 0.1) is 5.56 Å². The number of anilines is 1. The number of nitrogens with zero attached hydrogens (tertiary/aromatic N) is 4. The Bertz CT molecular complexity index is 448. The van der Waals surface area contributed by atoms with Crippen LogP contribution in [0.3, 0.4) is 0 Å². The third-order valence-corrected chi connectivity index (χ3v) is 4.04. The largest absolute Gasteiger partial charge is 0.354 e. The predicted molar refractivity (Wildman–Crippen MR) is 70.4 cm³/mol. The van der Waals surface area contributed by atoms with Gasteiger partial charge in [0.2, 0.25) is 0 Å². The van der Waals surface area contributed by atoms with Crippen LogP contribution in [0.1, 0.15) is 24.8 Å². The van der Waals surface area contributed by atoms with Crippen molar-refractivity contribution in [1.29, 1.82) is 5.26 Å². The van der Waals surface area contributed by atoms with Gasteiger partial charge >= 0.3 is 0 Å². The lowest BCUT2D eigenvalue weighted by atomic mass is 9.99. The van der Waals surface area contributed by atoms with Gasteiger partial charge in [0.15, 0.2) is 0 Å². The summed E-state index contributed by atoms with van der Waals surface area (Å²) in [4.78, 5) is 9.37. The average molecular weight is 242 g/mol. The second-order valence-corrected chi connectivity index (χ2v) is 5.15. The smallest absolute Gasteiger partial charge is 0.128 e. The molecule has 1 unspecified atom stereocenters. The minimum Gasteiger partial charge on any atom is -0.354 e. The van der Waals surface area contributed by atoms with Gasteiger partial charge in [0.25, 0.3) is 0 Å². The van der Waals surface area contributed by atoms with Crippen molar-refractivity contribution >= 4 is 5.82 Å². The van der Waals surface area contributed by atoms with Crippen LogP contribution >= 0.6 is 0 Å². The number of pyridine rings is 1. The zero-order valence-corrected chi connectivity index (χ0v) is 10.5. The number of piperazine rings is 1. The van der Waals surface area contributed by atoms with Crippen molar-refractivity contribution in [2.75, 3.05) is 31.1 Å². The molecule has 2 aliphatic rings. The van der Waals surface area contributed by atoms with Gasteiger partial charge in [-0.3, -0.25) is 4.90 Å². The van der Waals surface area contributed by atoms with E-state index >= 15 is 0 Å². The van der Waals surface area contributed by atoms with Gasteiger partial charge in [-0.05, 0) is 31.5 Å². The molecule has 4 heteroatoms. The van der Waals surface area contributed by atoms with Gasteiger partial charge in [-0.2, -0.15) is 5.26 Å². The highest BCUT2D eigenvalue weighted by atomic mass is 15.3. The van der Waals surface area contributed by atoms with Crippen LogP contribution in [0, 0.1) is 11.3 Å². The van der Waals surface area contributed by atoms with Gasteiger partial charge < -0.3 is 4.90 Å². The molecule has 0 N–H and O–H groups in total. The molecule has 0 aliphatic carbocycles. The summed E-state index contributed by atoms with van der Waals surface area (Å²) < 4.78 is 0. The molecule has 0 saturated carbocycles. The first-order valence-electron chi connectivity index (χ1n) is 6.72. The highest BCUT2D eigenvalue weighted by molar-refractivity contribution is 5.42. The Morgan fingerprint density at radius 2 is 2.17 bits per heavy atom. The zero-order valence-electron chi connectivity index (χ0n) is 10.5. The van der Waals surface area contributed by atoms with Gasteiger partial charge in [-0.25, -0.2) is 4.98 Å². The number of aromatic nitrogens is 1. The molecule has 0 spiro atoms. The van der Waals surface area contributed by atoms with Gasteiger partial charge in [0.1, 0.15) is 11.9 Å². The molecule has 18 heavy (non-hydrogen) atoms. The summed E-state index contributed by atoms with van der Waals surface area (Å²) in [5.41, 5.74) is 0.634. The number of piperidine rings is 1. The Kier molecular flexibility index (Phi) is 3.16. The zero-order chi connectivity index (χ0) is 12.4. The Balaban J connectivity index is 1.71. The Morgan fingerprint density at radius 3 is 2.94 bits per heavy atom. The van der Waals surface area contributed by atoms with Gasteiger partial charge in [-0.15, -0.1) is 0 Å². The van der Waals surface area contributed by atoms with Crippen molar-refractivity contribution in [3.8, 4) is 6.07 Å². The van der Waals surface area contributed by atoms with E-state index in [4.69, 9.17) is 5.26 Å². The lowest BCUT2D eigenvalue weighted by molar-refractivity contribution is 0.133. The Morgan fingerprint density at radius 1 is 1.22 bits per heavy atom. The molecule has 1 atom stereocenters. The molecule has 2 aliphatic heterocycles. The standard InChI is InChI=1S/C14H18N4/c15-9-12-4-5-14(16-10-12)18-8-7-17-6-2-1-3-13(17)11-18/h4-5,10,13H,1-3,6-8,11H2. The summed E-state index contributed by atoms with van der Waals surface area (Å²) in [6.07, 6.45) is 5.69. The van der Waals surface area contributed by atoms with Crippen molar-refractivity contribution in [1.82, 2.24) is 9.88 Å². The van der Waals surface area contributed by atoms with Crippen LogP contribution in [0.2, 0.25) is 0 Å². The molecule has 4 nitrogen and oxygen atoms in total. The first kappa shape index (κ1) is 11.5. The van der Waals surface area contributed by atoms with Crippen molar-refractivity contribution in [2.45, 2.75) is 25.3 Å². The Hall–Kier alpha value is -1.60. The van der Waals surface area contributed by atoms with Gasteiger partial charge in [0, 0.05) is 31.9 Å². The maximum Gasteiger partial charge on any atom is 0.128 e. The average Bonchev–Trinajstić information content (AvgIpc) is 2.47. The van der Waals surface area contributed by atoms with Crippen LogP contribution in [0.4, 0.5) is 5.82 Å². The van der Waals surface area contributed by atoms with Crippen molar-refractivity contribution in [2.24, 2.45) is 0 Å². The van der Waals surface area contributed by atoms with E-state index in [1.165, 1.54) is 25.8 Å². The number of hydrogen-bond donors (Lipinski definition) is 0. The molecular formula is C14H18N4. The summed E-state index contributed by atoms with van der Waals surface area (Å²) in [6.45, 7) is 4.54. The van der Waals surface area contributed by atoms with Crippen LogP contribution in [-0.4, -0.2) is 42.1 Å². The molecule has 1 aromatic rings. The number of hydrogen-bond acceptors (Lipinski definition) is 4. The molecule has 0 aromatic carbocycles. The van der Waals surface area contributed by atoms with Crippen LogP contribution in [0.15, 0.2) is 18.3 Å². The molecule has 0 bridgehead atoms. The van der Waals surface area contributed by atoms with Crippen LogP contribution in [0.25, 0.3) is 0 Å². The predicted octanol–water partition coefficient (Wildman–Crippen LogP) is 1.63. The molecule has 94 valence electrons. The highest BCUT2D eigenvalue weighted by Crippen LogP contribution is 2.23. The van der Waals surface area contributed by atoms with E-state index in [-0.39, 0.29) is 0 Å². The summed E-state index contributed by atoms with van der Waals surface area (Å²) in [7, 11) is 0. The maximum absolute atomic E-state index is 8.78. The highest BCUT2D eigenvalue weighted by Gasteiger charge is 2.29. The number of rotatable bonds is 1. The number of fused-ring (bicyclic) bond motifs is 1. The first-order chi connectivity index (χ1) is 8.86. The number of nitriles is 1. The second kappa shape index (κ2) is 4.95. The van der Waals surface area contributed by atoms with Crippen molar-refractivity contribution < 1.29 is 0 Å². The summed E-state index contributed by atoms with van der Waals surface area (Å²) in [5, 5.41) is 8.78. The molecule has 3 heterocycles. The molecular weight excluding hydrogens is 224 g/mol. The van der Waals surface area contributed by atoms with Crippen LogP contribution in [0.5, 0.6) is 0 Å². The Labute approximate surface area is 108 Å². The van der Waals surface area contributed by atoms with Crippen molar-refractivity contribution in [3.05, 3.63) is 23.9 Å². The monoisotopic (exact) mass is 242 g/mol.